The van der Waals surface area contributed by atoms with E-state index in [9.17, 15) is 4.79 Å². The number of nitrogens with two attached hydrogens (primary N) is 1. The Morgan fingerprint density at radius 2 is 1.70 bits per heavy atom. The summed E-state index contributed by atoms with van der Waals surface area (Å²) in [6.45, 7) is 4.97. The largest absolute Gasteiger partial charge is 0.335 e. The Kier molecular flexibility index (Phi) is 4.23. The van der Waals surface area contributed by atoms with Crippen molar-refractivity contribution in [1.29, 1.82) is 0 Å². The number of H-pyrrole nitrogens is 1. The third-order valence-electron chi connectivity index (χ3n) is 7.94. The maximum Gasteiger partial charge on any atom is 0.260 e. The molecule has 0 atom stereocenters. The van der Waals surface area contributed by atoms with Crippen LogP contribution in [-0.4, -0.2) is 15.5 Å². The Balaban J connectivity index is 1.30. The van der Waals surface area contributed by atoms with Gasteiger partial charge in [-0.15, -0.1) is 11.3 Å². The van der Waals surface area contributed by atoms with Gasteiger partial charge in [-0.25, -0.2) is 4.98 Å². The minimum absolute atomic E-state index is 0.00818. The van der Waals surface area contributed by atoms with Crippen LogP contribution in [0.25, 0.3) is 21.3 Å². The van der Waals surface area contributed by atoms with Crippen LogP contribution in [0.1, 0.15) is 54.8 Å². The summed E-state index contributed by atoms with van der Waals surface area (Å²) >= 11 is 1.65. The monoisotopic (exact) mass is 420 g/mol. The zero-order chi connectivity index (χ0) is 20.5. The maximum absolute atomic E-state index is 13.1. The SMILES string of the molecule is Cc1ccc(-c2c(C)sc3nc(C[NH2+]C45CC6CC(CC(C6)C4)C5)[nH]c(=O)c23)cc1. The van der Waals surface area contributed by atoms with E-state index in [4.69, 9.17) is 4.98 Å². The Bertz CT molecular complexity index is 1140. The van der Waals surface area contributed by atoms with E-state index in [1.54, 1.807) is 11.3 Å². The Labute approximate surface area is 181 Å². The van der Waals surface area contributed by atoms with Crippen LogP contribution < -0.4 is 10.9 Å². The van der Waals surface area contributed by atoms with Gasteiger partial charge in [0.05, 0.1) is 10.9 Å². The van der Waals surface area contributed by atoms with Gasteiger partial charge in [0.15, 0.2) is 5.82 Å². The first-order valence-electron chi connectivity index (χ1n) is 11.4. The van der Waals surface area contributed by atoms with E-state index in [2.05, 4.69) is 48.4 Å². The van der Waals surface area contributed by atoms with Crippen molar-refractivity contribution in [2.45, 2.75) is 64.5 Å². The topological polar surface area (TPSA) is 62.4 Å². The number of thiophene rings is 1. The van der Waals surface area contributed by atoms with Crippen molar-refractivity contribution in [3.8, 4) is 11.1 Å². The molecular formula is C25H30N3OS+. The number of fused-ring (bicyclic) bond motifs is 1. The second-order valence-corrected chi connectivity index (χ2v) is 11.5. The molecule has 2 aromatic heterocycles. The van der Waals surface area contributed by atoms with Crippen molar-refractivity contribution in [1.82, 2.24) is 9.97 Å². The van der Waals surface area contributed by atoms with E-state index in [1.807, 2.05) is 0 Å². The molecule has 4 fully saturated rings. The van der Waals surface area contributed by atoms with Gasteiger partial charge in [-0.3, -0.25) is 4.79 Å². The molecule has 2 heterocycles. The lowest BCUT2D eigenvalue weighted by atomic mass is 9.53. The van der Waals surface area contributed by atoms with Crippen LogP contribution in [-0.2, 0) is 6.54 Å². The molecule has 4 nitrogen and oxygen atoms in total. The molecular weight excluding hydrogens is 390 g/mol. The molecule has 4 bridgehead atoms. The quantitative estimate of drug-likeness (QED) is 0.661. The van der Waals surface area contributed by atoms with Gasteiger partial charge in [0, 0.05) is 29.7 Å². The molecule has 3 N–H and O–H groups in total. The van der Waals surface area contributed by atoms with Gasteiger partial charge in [-0.05, 0) is 56.4 Å². The molecule has 7 rings (SSSR count). The van der Waals surface area contributed by atoms with E-state index in [-0.39, 0.29) is 5.56 Å². The maximum atomic E-state index is 13.1. The third-order valence-corrected chi connectivity index (χ3v) is 8.94. The highest BCUT2D eigenvalue weighted by molar-refractivity contribution is 7.19. The lowest BCUT2D eigenvalue weighted by Crippen LogP contribution is -2.97. The summed E-state index contributed by atoms with van der Waals surface area (Å²) < 4.78 is 0. The molecule has 0 radical (unpaired) electrons. The smallest absolute Gasteiger partial charge is 0.260 e. The van der Waals surface area contributed by atoms with Crippen LogP contribution in [0.5, 0.6) is 0 Å². The van der Waals surface area contributed by atoms with Crippen LogP contribution in [0.4, 0.5) is 0 Å². The summed E-state index contributed by atoms with van der Waals surface area (Å²) in [5, 5.41) is 3.28. The van der Waals surface area contributed by atoms with E-state index in [0.717, 1.165) is 56.3 Å². The van der Waals surface area contributed by atoms with Gasteiger partial charge < -0.3 is 10.3 Å². The van der Waals surface area contributed by atoms with E-state index in [1.165, 1.54) is 44.1 Å². The van der Waals surface area contributed by atoms with E-state index >= 15 is 0 Å². The third kappa shape index (κ3) is 3.05. The van der Waals surface area contributed by atoms with Crippen LogP contribution in [0.15, 0.2) is 29.1 Å². The normalized spacial score (nSPS) is 29.7. The van der Waals surface area contributed by atoms with Crippen molar-refractivity contribution in [2.24, 2.45) is 17.8 Å². The minimum atomic E-state index is 0.00818. The van der Waals surface area contributed by atoms with Gasteiger partial charge in [-0.2, -0.15) is 0 Å². The molecule has 4 aliphatic carbocycles. The highest BCUT2D eigenvalue weighted by Crippen LogP contribution is 2.54. The fraction of sp³-hybridized carbons (Fsp3) is 0.520. The summed E-state index contributed by atoms with van der Waals surface area (Å²) in [5.41, 5.74) is 3.78. The van der Waals surface area contributed by atoms with Crippen molar-refractivity contribution < 1.29 is 5.32 Å². The Morgan fingerprint density at radius 1 is 1.07 bits per heavy atom. The summed E-state index contributed by atoms with van der Waals surface area (Å²) in [4.78, 5) is 23.2. The standard InChI is InChI=1S/C25H29N3OS/c1-14-3-5-19(6-4-14)21-15(2)30-24-22(21)23(29)27-20(28-24)13-26-25-10-16-7-17(11-25)9-18(8-16)12-25/h3-6,16-18,26H,7-13H2,1-2H3,(H,27,28,29)/p+1. The number of aromatic amines is 1. The lowest BCUT2D eigenvalue weighted by molar-refractivity contribution is -0.753. The van der Waals surface area contributed by atoms with Gasteiger partial charge in [0.1, 0.15) is 11.4 Å². The molecule has 156 valence electrons. The second-order valence-electron chi connectivity index (χ2n) is 10.3. The second kappa shape index (κ2) is 6.76. The molecule has 0 aliphatic heterocycles. The van der Waals surface area contributed by atoms with Crippen molar-refractivity contribution in [3.05, 3.63) is 50.9 Å². The number of nitrogens with zero attached hydrogens (tertiary/aromatic N) is 1. The minimum Gasteiger partial charge on any atom is -0.335 e. The van der Waals surface area contributed by atoms with Crippen LogP contribution in [0, 0.1) is 31.6 Å². The molecule has 1 aromatic carbocycles. The van der Waals surface area contributed by atoms with Gasteiger partial charge in [0.25, 0.3) is 5.56 Å². The predicted octanol–water partition coefficient (Wildman–Crippen LogP) is 4.30. The molecule has 0 spiro atoms. The molecule has 4 saturated carbocycles. The fourth-order valence-corrected chi connectivity index (χ4v) is 8.13. The lowest BCUT2D eigenvalue weighted by Gasteiger charge is -2.54. The number of aryl methyl sites for hydroxylation is 2. The average Bonchev–Trinajstić information content (AvgIpc) is 3.02. The molecule has 5 heteroatoms. The molecule has 4 aliphatic rings. The number of quaternary nitrogens is 1. The Hall–Kier alpha value is -1.98. The molecule has 30 heavy (non-hydrogen) atoms. The molecule has 0 amide bonds. The zero-order valence-electron chi connectivity index (χ0n) is 17.8. The van der Waals surface area contributed by atoms with Gasteiger partial charge in [-0.1, -0.05) is 29.8 Å². The van der Waals surface area contributed by atoms with Gasteiger partial charge in [0.2, 0.25) is 0 Å². The van der Waals surface area contributed by atoms with Crippen LogP contribution in [0.3, 0.4) is 0 Å². The zero-order valence-corrected chi connectivity index (χ0v) is 18.6. The Morgan fingerprint density at radius 3 is 2.33 bits per heavy atom. The number of rotatable bonds is 4. The van der Waals surface area contributed by atoms with Crippen LogP contribution >= 0.6 is 11.3 Å². The first-order valence-corrected chi connectivity index (χ1v) is 12.2. The van der Waals surface area contributed by atoms with E-state index in [0.29, 0.717) is 5.54 Å². The number of aromatic nitrogens is 2. The summed E-state index contributed by atoms with van der Waals surface area (Å²) in [7, 11) is 0. The number of nitrogens with one attached hydrogen (secondary N) is 1. The highest BCUT2D eigenvalue weighted by Gasteiger charge is 2.53. The number of hydrogen-bond acceptors (Lipinski definition) is 3. The van der Waals surface area contributed by atoms with E-state index < -0.39 is 0 Å². The predicted molar refractivity (Wildman–Crippen MR) is 122 cm³/mol. The average molecular weight is 421 g/mol. The van der Waals surface area contributed by atoms with Crippen LogP contribution in [0.2, 0.25) is 0 Å². The summed E-state index contributed by atoms with van der Waals surface area (Å²) in [6, 6.07) is 8.43. The highest BCUT2D eigenvalue weighted by atomic mass is 32.1. The number of benzene rings is 1. The first-order chi connectivity index (χ1) is 14.5. The number of hydrogen-bond donors (Lipinski definition) is 2. The summed E-state index contributed by atoms with van der Waals surface area (Å²) in [5.74, 6) is 3.66. The summed E-state index contributed by atoms with van der Waals surface area (Å²) in [6.07, 6.45) is 8.47. The molecule has 3 aromatic rings. The van der Waals surface area contributed by atoms with Crippen molar-refractivity contribution >= 4 is 21.6 Å². The first kappa shape index (κ1) is 18.8. The fourth-order valence-electron chi connectivity index (χ4n) is 7.07. The van der Waals surface area contributed by atoms with Gasteiger partial charge >= 0.3 is 0 Å². The molecule has 0 unspecified atom stereocenters. The van der Waals surface area contributed by atoms with Crippen molar-refractivity contribution in [3.63, 3.8) is 0 Å². The van der Waals surface area contributed by atoms with Crippen molar-refractivity contribution in [2.75, 3.05) is 0 Å². The molecule has 0 saturated heterocycles.